The number of hydrogen-bond acceptors (Lipinski definition) is 5. The molecule has 2 saturated heterocycles. The lowest BCUT2D eigenvalue weighted by Gasteiger charge is -2.40. The highest BCUT2D eigenvalue weighted by Gasteiger charge is 2.57. The molecule has 1 atom stereocenters. The third kappa shape index (κ3) is 2.90. The number of nitrogens with zero attached hydrogens (tertiary/aromatic N) is 1. The highest BCUT2D eigenvalue weighted by atomic mass is 16.6. The minimum absolute atomic E-state index is 0.248. The van der Waals surface area contributed by atoms with Crippen molar-refractivity contribution in [3.8, 4) is 0 Å². The van der Waals surface area contributed by atoms with Gasteiger partial charge in [-0.1, -0.05) is 0 Å². The van der Waals surface area contributed by atoms with Crippen molar-refractivity contribution in [1.82, 2.24) is 4.90 Å². The molecule has 2 heterocycles. The number of amides is 1. The van der Waals surface area contributed by atoms with E-state index in [0.717, 1.165) is 0 Å². The highest BCUT2D eigenvalue weighted by Crippen LogP contribution is 2.43. The van der Waals surface area contributed by atoms with Gasteiger partial charge in [-0.3, -0.25) is 4.79 Å². The van der Waals surface area contributed by atoms with E-state index in [2.05, 4.69) is 0 Å². The Kier molecular flexibility index (Phi) is 3.95. The van der Waals surface area contributed by atoms with Gasteiger partial charge in [0.2, 0.25) is 0 Å². The molecule has 1 unspecified atom stereocenters. The molecule has 20 heavy (non-hydrogen) atoms. The lowest BCUT2D eigenvalue weighted by Crippen LogP contribution is -2.51. The molecule has 6 nitrogen and oxygen atoms in total. The summed E-state index contributed by atoms with van der Waals surface area (Å²) in [7, 11) is 0. The summed E-state index contributed by atoms with van der Waals surface area (Å²) in [6, 6.07) is 0. The average Bonchev–Trinajstić information content (AvgIpc) is 2.67. The summed E-state index contributed by atoms with van der Waals surface area (Å²) in [5.74, 6) is -0.564. The minimum atomic E-state index is -0.539. The van der Waals surface area contributed by atoms with Gasteiger partial charge in [-0.25, -0.2) is 4.79 Å². The van der Waals surface area contributed by atoms with Crippen LogP contribution in [-0.2, 0) is 19.0 Å². The molecule has 2 aliphatic rings. The van der Waals surface area contributed by atoms with Crippen LogP contribution in [0, 0.1) is 11.3 Å². The predicted octanol–water partition coefficient (Wildman–Crippen LogP) is 1.43. The lowest BCUT2D eigenvalue weighted by molar-refractivity contribution is -0.169. The molecule has 0 radical (unpaired) electrons. The summed E-state index contributed by atoms with van der Waals surface area (Å²) in [6.45, 7) is 9.43. The summed E-state index contributed by atoms with van der Waals surface area (Å²) in [5.41, 5.74) is -0.828. The SMILES string of the molecule is CCOC(=O)C1CN(C(=O)OC(C)(C)C)CC12COC2. The van der Waals surface area contributed by atoms with E-state index in [-0.39, 0.29) is 23.4 Å². The summed E-state index contributed by atoms with van der Waals surface area (Å²) in [4.78, 5) is 25.8. The van der Waals surface area contributed by atoms with Crippen LogP contribution in [0.25, 0.3) is 0 Å². The fourth-order valence-electron chi connectivity index (χ4n) is 2.66. The van der Waals surface area contributed by atoms with Gasteiger partial charge >= 0.3 is 12.1 Å². The van der Waals surface area contributed by atoms with Gasteiger partial charge in [-0.15, -0.1) is 0 Å². The largest absolute Gasteiger partial charge is 0.466 e. The van der Waals surface area contributed by atoms with Crippen LogP contribution in [-0.4, -0.2) is 55.5 Å². The van der Waals surface area contributed by atoms with Gasteiger partial charge in [0.1, 0.15) is 5.60 Å². The molecule has 2 aliphatic heterocycles. The lowest BCUT2D eigenvalue weighted by atomic mass is 9.76. The van der Waals surface area contributed by atoms with Gasteiger partial charge in [-0.05, 0) is 27.7 Å². The van der Waals surface area contributed by atoms with Crippen molar-refractivity contribution in [2.24, 2.45) is 11.3 Å². The minimum Gasteiger partial charge on any atom is -0.466 e. The monoisotopic (exact) mass is 285 g/mol. The normalized spacial score (nSPS) is 24.4. The number of carbonyl (C=O) groups is 2. The Bertz CT molecular complexity index is 397. The number of hydrogen-bond donors (Lipinski definition) is 0. The highest BCUT2D eigenvalue weighted by molar-refractivity contribution is 5.77. The van der Waals surface area contributed by atoms with Crippen LogP contribution in [0.4, 0.5) is 4.79 Å². The summed E-state index contributed by atoms with van der Waals surface area (Å²) in [6.07, 6.45) is -0.379. The molecule has 0 aromatic heterocycles. The van der Waals surface area contributed by atoms with Gasteiger partial charge in [0.05, 0.1) is 25.7 Å². The van der Waals surface area contributed by atoms with E-state index in [1.54, 1.807) is 11.8 Å². The Morgan fingerprint density at radius 1 is 1.35 bits per heavy atom. The maximum atomic E-state index is 12.1. The van der Waals surface area contributed by atoms with Crippen LogP contribution in [0.5, 0.6) is 0 Å². The second-order valence-electron chi connectivity index (χ2n) is 6.52. The summed E-state index contributed by atoms with van der Waals surface area (Å²) < 4.78 is 15.7. The molecular formula is C14H23NO5. The zero-order valence-electron chi connectivity index (χ0n) is 12.6. The van der Waals surface area contributed by atoms with Gasteiger partial charge in [0.25, 0.3) is 0 Å². The van der Waals surface area contributed by atoms with Crippen LogP contribution in [0.3, 0.4) is 0 Å². The molecule has 2 fully saturated rings. The first-order valence-electron chi connectivity index (χ1n) is 7.00. The Balaban J connectivity index is 2.05. The van der Waals surface area contributed by atoms with Crippen molar-refractivity contribution in [2.75, 3.05) is 32.9 Å². The first-order valence-corrected chi connectivity index (χ1v) is 7.00. The zero-order valence-corrected chi connectivity index (χ0v) is 12.6. The van der Waals surface area contributed by atoms with E-state index >= 15 is 0 Å². The molecule has 6 heteroatoms. The number of rotatable bonds is 2. The van der Waals surface area contributed by atoms with Crippen molar-refractivity contribution >= 4 is 12.1 Å². The van der Waals surface area contributed by atoms with Gasteiger partial charge in [-0.2, -0.15) is 0 Å². The third-order valence-electron chi connectivity index (χ3n) is 3.65. The third-order valence-corrected chi connectivity index (χ3v) is 3.65. The van der Waals surface area contributed by atoms with Gasteiger partial charge in [0.15, 0.2) is 0 Å². The predicted molar refractivity (Wildman–Crippen MR) is 71.2 cm³/mol. The van der Waals surface area contributed by atoms with Crippen LogP contribution in [0.2, 0.25) is 0 Å². The molecule has 0 bridgehead atoms. The molecule has 0 aromatic carbocycles. The zero-order chi connectivity index (χ0) is 15.0. The molecule has 0 aliphatic carbocycles. The Hall–Kier alpha value is -1.30. The summed E-state index contributed by atoms with van der Waals surface area (Å²) in [5, 5.41) is 0. The number of ether oxygens (including phenoxy) is 3. The molecule has 0 aromatic rings. The molecule has 2 rings (SSSR count). The fourth-order valence-corrected chi connectivity index (χ4v) is 2.66. The van der Waals surface area contributed by atoms with Crippen molar-refractivity contribution in [3.05, 3.63) is 0 Å². The maximum Gasteiger partial charge on any atom is 0.410 e. The molecule has 0 N–H and O–H groups in total. The molecule has 114 valence electrons. The van der Waals surface area contributed by atoms with Gasteiger partial charge in [0, 0.05) is 18.5 Å². The van der Waals surface area contributed by atoms with Crippen molar-refractivity contribution < 1.29 is 23.8 Å². The topological polar surface area (TPSA) is 65.1 Å². The molecule has 0 saturated carbocycles. The van der Waals surface area contributed by atoms with E-state index in [9.17, 15) is 9.59 Å². The first kappa shape index (κ1) is 15.1. The van der Waals surface area contributed by atoms with Crippen LogP contribution in [0.1, 0.15) is 27.7 Å². The maximum absolute atomic E-state index is 12.1. The van der Waals surface area contributed by atoms with E-state index < -0.39 is 5.60 Å². The Morgan fingerprint density at radius 3 is 2.45 bits per heavy atom. The van der Waals surface area contributed by atoms with Crippen LogP contribution in [0.15, 0.2) is 0 Å². The molecule has 1 spiro atoms. The smallest absolute Gasteiger partial charge is 0.410 e. The number of carbonyl (C=O) groups excluding carboxylic acids is 2. The first-order chi connectivity index (χ1) is 9.27. The second-order valence-corrected chi connectivity index (χ2v) is 6.52. The van der Waals surface area contributed by atoms with Gasteiger partial charge < -0.3 is 19.1 Å². The summed E-state index contributed by atoms with van der Waals surface area (Å²) >= 11 is 0. The average molecular weight is 285 g/mol. The van der Waals surface area contributed by atoms with E-state index in [0.29, 0.717) is 32.9 Å². The van der Waals surface area contributed by atoms with Crippen molar-refractivity contribution in [1.29, 1.82) is 0 Å². The Labute approximate surface area is 119 Å². The Morgan fingerprint density at radius 2 is 2.00 bits per heavy atom. The quantitative estimate of drug-likeness (QED) is 0.718. The second kappa shape index (κ2) is 5.24. The molecule has 1 amide bonds. The van der Waals surface area contributed by atoms with Crippen molar-refractivity contribution in [2.45, 2.75) is 33.3 Å². The number of likely N-dealkylation sites (tertiary alicyclic amines) is 1. The van der Waals surface area contributed by atoms with E-state index in [1.807, 2.05) is 20.8 Å². The van der Waals surface area contributed by atoms with Crippen LogP contribution >= 0.6 is 0 Å². The fraction of sp³-hybridized carbons (Fsp3) is 0.857. The number of esters is 1. The molecular weight excluding hydrogens is 262 g/mol. The van der Waals surface area contributed by atoms with E-state index in [1.165, 1.54) is 0 Å². The standard InChI is InChI=1S/C14H23NO5/c1-5-19-11(16)10-6-15(7-14(10)8-18-9-14)12(17)20-13(2,3)4/h10H,5-9H2,1-4H3. The van der Waals surface area contributed by atoms with Crippen LogP contribution < -0.4 is 0 Å². The van der Waals surface area contributed by atoms with E-state index in [4.69, 9.17) is 14.2 Å². The van der Waals surface area contributed by atoms with Crippen molar-refractivity contribution in [3.63, 3.8) is 0 Å².